The van der Waals surface area contributed by atoms with Crippen LogP contribution >= 0.6 is 11.6 Å². The largest absolute Gasteiger partial charge is 0.487 e. The van der Waals surface area contributed by atoms with Crippen molar-refractivity contribution in [3.05, 3.63) is 28.8 Å². The van der Waals surface area contributed by atoms with Crippen molar-refractivity contribution in [2.45, 2.75) is 51.2 Å². The molecule has 1 aliphatic heterocycles. The van der Waals surface area contributed by atoms with E-state index in [1.54, 1.807) is 0 Å². The molecule has 0 aromatic heterocycles. The molecular weight excluding hydrogens is 258 g/mol. The summed E-state index contributed by atoms with van der Waals surface area (Å²) in [6.45, 7) is 4.65. The van der Waals surface area contributed by atoms with Crippen LogP contribution < -0.4 is 10.5 Å². The lowest BCUT2D eigenvalue weighted by atomic mass is 9.66. The average Bonchev–Trinajstić information content (AvgIpc) is 2.37. The Balaban J connectivity index is 1.98. The van der Waals surface area contributed by atoms with Crippen LogP contribution in [0.15, 0.2) is 18.2 Å². The smallest absolute Gasteiger partial charge is 0.125 e. The van der Waals surface area contributed by atoms with Gasteiger partial charge in [-0.15, -0.1) is 0 Å². The van der Waals surface area contributed by atoms with E-state index in [2.05, 4.69) is 13.8 Å². The van der Waals surface area contributed by atoms with Gasteiger partial charge in [0.25, 0.3) is 0 Å². The van der Waals surface area contributed by atoms with Gasteiger partial charge in [-0.2, -0.15) is 0 Å². The fourth-order valence-electron chi connectivity index (χ4n) is 3.80. The van der Waals surface area contributed by atoms with Gasteiger partial charge in [0.15, 0.2) is 0 Å². The predicted octanol–water partition coefficient (Wildman–Crippen LogP) is 4.32. The number of hydrogen-bond acceptors (Lipinski definition) is 2. The molecule has 0 radical (unpaired) electrons. The molecule has 4 atom stereocenters. The van der Waals surface area contributed by atoms with Crippen molar-refractivity contribution in [1.82, 2.24) is 0 Å². The SMILES string of the molecule is CC1CCCC2(C[C@H](N)c3cc(Cl)ccc3O2)C1C. The Morgan fingerprint density at radius 3 is 2.95 bits per heavy atom. The minimum absolute atomic E-state index is 0.0372. The molecule has 1 aliphatic carbocycles. The zero-order valence-corrected chi connectivity index (χ0v) is 12.4. The number of rotatable bonds is 0. The fraction of sp³-hybridized carbons (Fsp3) is 0.625. The first-order valence-corrected chi connectivity index (χ1v) is 7.64. The molecule has 2 nitrogen and oxygen atoms in total. The summed E-state index contributed by atoms with van der Waals surface area (Å²) in [6, 6.07) is 5.86. The van der Waals surface area contributed by atoms with E-state index in [4.69, 9.17) is 22.1 Å². The van der Waals surface area contributed by atoms with Crippen LogP contribution in [-0.2, 0) is 0 Å². The van der Waals surface area contributed by atoms with Gasteiger partial charge in [0, 0.05) is 23.0 Å². The van der Waals surface area contributed by atoms with Gasteiger partial charge in [-0.05, 0) is 42.9 Å². The molecule has 1 aromatic rings. The van der Waals surface area contributed by atoms with Gasteiger partial charge in [0.05, 0.1) is 0 Å². The van der Waals surface area contributed by atoms with Gasteiger partial charge in [-0.25, -0.2) is 0 Å². The summed E-state index contributed by atoms with van der Waals surface area (Å²) in [4.78, 5) is 0. The first kappa shape index (κ1) is 13.3. The highest BCUT2D eigenvalue weighted by Crippen LogP contribution is 2.49. The van der Waals surface area contributed by atoms with E-state index in [9.17, 15) is 0 Å². The average molecular weight is 280 g/mol. The summed E-state index contributed by atoms with van der Waals surface area (Å²) in [7, 11) is 0. The molecule has 1 saturated carbocycles. The Labute approximate surface area is 120 Å². The Morgan fingerprint density at radius 1 is 1.37 bits per heavy atom. The van der Waals surface area contributed by atoms with Crippen LogP contribution in [-0.4, -0.2) is 5.60 Å². The van der Waals surface area contributed by atoms with Crippen LogP contribution in [0.1, 0.15) is 51.1 Å². The molecule has 0 saturated heterocycles. The Morgan fingerprint density at radius 2 is 2.16 bits per heavy atom. The second kappa shape index (κ2) is 4.68. The van der Waals surface area contributed by atoms with Crippen LogP contribution in [0.4, 0.5) is 0 Å². The number of ether oxygens (including phenoxy) is 1. The summed E-state index contributed by atoms with van der Waals surface area (Å²) >= 11 is 6.06. The zero-order chi connectivity index (χ0) is 13.6. The highest BCUT2D eigenvalue weighted by atomic mass is 35.5. The molecule has 2 aliphatic rings. The number of halogens is 1. The van der Waals surface area contributed by atoms with E-state index in [0.29, 0.717) is 11.8 Å². The molecular formula is C16H22ClNO. The maximum absolute atomic E-state index is 6.43. The summed E-state index contributed by atoms with van der Waals surface area (Å²) in [5.41, 5.74) is 7.38. The highest BCUT2D eigenvalue weighted by Gasteiger charge is 2.47. The van der Waals surface area contributed by atoms with Gasteiger partial charge in [-0.3, -0.25) is 0 Å². The number of nitrogens with two attached hydrogens (primary N) is 1. The fourth-order valence-corrected chi connectivity index (χ4v) is 3.98. The maximum Gasteiger partial charge on any atom is 0.125 e. The lowest BCUT2D eigenvalue weighted by molar-refractivity contribution is -0.0614. The molecule has 0 bridgehead atoms. The molecule has 1 heterocycles. The maximum atomic E-state index is 6.43. The van der Waals surface area contributed by atoms with Crippen LogP contribution in [0, 0.1) is 11.8 Å². The molecule has 2 N–H and O–H groups in total. The summed E-state index contributed by atoms with van der Waals surface area (Å²) in [6.07, 6.45) is 4.57. The van der Waals surface area contributed by atoms with Crippen molar-refractivity contribution in [2.75, 3.05) is 0 Å². The molecule has 19 heavy (non-hydrogen) atoms. The van der Waals surface area contributed by atoms with Gasteiger partial charge < -0.3 is 10.5 Å². The van der Waals surface area contributed by atoms with Crippen LogP contribution in [0.3, 0.4) is 0 Å². The molecule has 1 fully saturated rings. The number of benzene rings is 1. The Kier molecular flexibility index (Phi) is 3.26. The second-order valence-corrected chi connectivity index (χ2v) is 6.75. The molecule has 1 aromatic carbocycles. The van der Waals surface area contributed by atoms with Crippen LogP contribution in [0.2, 0.25) is 5.02 Å². The van der Waals surface area contributed by atoms with Crippen molar-refractivity contribution in [3.8, 4) is 5.75 Å². The third kappa shape index (κ3) is 2.15. The topological polar surface area (TPSA) is 35.2 Å². The number of hydrogen-bond donors (Lipinski definition) is 1. The first-order chi connectivity index (χ1) is 9.02. The summed E-state index contributed by atoms with van der Waals surface area (Å²) in [5.74, 6) is 2.19. The van der Waals surface area contributed by atoms with E-state index in [-0.39, 0.29) is 11.6 Å². The van der Waals surface area contributed by atoms with E-state index < -0.39 is 0 Å². The van der Waals surface area contributed by atoms with Gasteiger partial charge in [0.2, 0.25) is 0 Å². The normalized spacial score (nSPS) is 37.8. The van der Waals surface area contributed by atoms with Gasteiger partial charge in [0.1, 0.15) is 11.4 Å². The molecule has 0 amide bonds. The van der Waals surface area contributed by atoms with Gasteiger partial charge in [-0.1, -0.05) is 31.9 Å². The van der Waals surface area contributed by atoms with E-state index in [1.165, 1.54) is 12.8 Å². The van der Waals surface area contributed by atoms with E-state index in [0.717, 1.165) is 29.2 Å². The van der Waals surface area contributed by atoms with Crippen molar-refractivity contribution < 1.29 is 4.74 Å². The monoisotopic (exact) mass is 279 g/mol. The number of fused-ring (bicyclic) bond motifs is 1. The third-order valence-corrected chi connectivity index (χ3v) is 5.43. The van der Waals surface area contributed by atoms with Crippen LogP contribution in [0.25, 0.3) is 0 Å². The van der Waals surface area contributed by atoms with Crippen molar-refractivity contribution in [1.29, 1.82) is 0 Å². The summed E-state index contributed by atoms with van der Waals surface area (Å²) < 4.78 is 6.43. The Hall–Kier alpha value is -0.730. The van der Waals surface area contributed by atoms with E-state index in [1.807, 2.05) is 18.2 Å². The quantitative estimate of drug-likeness (QED) is 0.768. The van der Waals surface area contributed by atoms with Crippen molar-refractivity contribution >= 4 is 11.6 Å². The molecule has 3 heteroatoms. The van der Waals surface area contributed by atoms with E-state index >= 15 is 0 Å². The lowest BCUT2D eigenvalue weighted by Gasteiger charge is -2.49. The highest BCUT2D eigenvalue weighted by molar-refractivity contribution is 6.30. The molecule has 1 spiro atoms. The molecule has 3 rings (SSSR count). The molecule has 3 unspecified atom stereocenters. The molecule has 104 valence electrons. The predicted molar refractivity (Wildman–Crippen MR) is 78.5 cm³/mol. The Bertz CT molecular complexity index is 490. The van der Waals surface area contributed by atoms with Crippen molar-refractivity contribution in [2.24, 2.45) is 17.6 Å². The summed E-state index contributed by atoms with van der Waals surface area (Å²) in [5, 5.41) is 0.735. The van der Waals surface area contributed by atoms with Crippen molar-refractivity contribution in [3.63, 3.8) is 0 Å². The van der Waals surface area contributed by atoms with Gasteiger partial charge >= 0.3 is 0 Å². The second-order valence-electron chi connectivity index (χ2n) is 6.32. The lowest BCUT2D eigenvalue weighted by Crippen LogP contribution is -2.51. The zero-order valence-electron chi connectivity index (χ0n) is 11.7. The third-order valence-electron chi connectivity index (χ3n) is 5.19. The first-order valence-electron chi connectivity index (χ1n) is 7.26. The van der Waals surface area contributed by atoms with Crippen LogP contribution in [0.5, 0.6) is 5.75 Å². The standard InChI is InChI=1S/C16H22ClNO/c1-10-4-3-7-16(11(10)2)9-14(18)13-8-12(17)5-6-15(13)19-16/h5-6,8,10-11,14H,3-4,7,9,18H2,1-2H3/t10?,11?,14-,16?/m0/s1. The minimum atomic E-state index is -0.0715. The minimum Gasteiger partial charge on any atom is -0.487 e.